The van der Waals surface area contributed by atoms with Gasteiger partial charge in [-0.1, -0.05) is 44.2 Å². The van der Waals surface area contributed by atoms with Gasteiger partial charge in [-0.05, 0) is 24.1 Å². The third kappa shape index (κ3) is 4.75. The molecule has 0 saturated carbocycles. The van der Waals surface area contributed by atoms with E-state index in [-0.39, 0.29) is 0 Å². The Morgan fingerprint density at radius 1 is 1.15 bits per heavy atom. The van der Waals surface area contributed by atoms with E-state index in [1.165, 1.54) is 20.9 Å². The molecule has 2 rings (SSSR count). The standard InChI is InChI=1S/C17H23NOS/c1-13(2)18-10-17-9-16(14(3)20-17)12-19-11-15-7-5-4-6-8-15/h4-9,13,18H,10-12H2,1-3H3. The molecule has 0 aliphatic heterocycles. The Morgan fingerprint density at radius 3 is 2.60 bits per heavy atom. The molecule has 1 aromatic heterocycles. The van der Waals surface area contributed by atoms with Gasteiger partial charge in [-0.2, -0.15) is 0 Å². The van der Waals surface area contributed by atoms with E-state index in [2.05, 4.69) is 44.3 Å². The second-order valence-electron chi connectivity index (χ2n) is 5.31. The van der Waals surface area contributed by atoms with Gasteiger partial charge in [0.15, 0.2) is 0 Å². The average Bonchev–Trinajstić information content (AvgIpc) is 2.78. The molecule has 1 heterocycles. The van der Waals surface area contributed by atoms with Crippen LogP contribution in [0, 0.1) is 6.92 Å². The summed E-state index contributed by atoms with van der Waals surface area (Å²) < 4.78 is 5.81. The number of hydrogen-bond donors (Lipinski definition) is 1. The summed E-state index contributed by atoms with van der Waals surface area (Å²) >= 11 is 1.86. The maximum Gasteiger partial charge on any atom is 0.0732 e. The number of rotatable bonds is 7. The number of ether oxygens (including phenoxy) is 1. The Kier molecular flexibility index (Phi) is 5.77. The van der Waals surface area contributed by atoms with Crippen LogP contribution < -0.4 is 5.32 Å². The normalized spacial score (nSPS) is 11.2. The molecule has 108 valence electrons. The number of hydrogen-bond acceptors (Lipinski definition) is 3. The average molecular weight is 289 g/mol. The van der Waals surface area contributed by atoms with Crippen molar-refractivity contribution in [3.05, 3.63) is 57.3 Å². The van der Waals surface area contributed by atoms with Crippen molar-refractivity contribution in [1.29, 1.82) is 0 Å². The smallest absolute Gasteiger partial charge is 0.0732 e. The highest BCUT2D eigenvalue weighted by molar-refractivity contribution is 7.12. The quantitative estimate of drug-likeness (QED) is 0.822. The molecular weight excluding hydrogens is 266 g/mol. The fraction of sp³-hybridized carbons (Fsp3) is 0.412. The largest absolute Gasteiger partial charge is 0.372 e. The van der Waals surface area contributed by atoms with Crippen molar-refractivity contribution in [2.24, 2.45) is 0 Å². The van der Waals surface area contributed by atoms with Crippen LogP contribution in [0.15, 0.2) is 36.4 Å². The van der Waals surface area contributed by atoms with Crippen LogP contribution in [0.2, 0.25) is 0 Å². The van der Waals surface area contributed by atoms with Crippen molar-refractivity contribution in [1.82, 2.24) is 5.32 Å². The van der Waals surface area contributed by atoms with Crippen LogP contribution >= 0.6 is 11.3 Å². The molecule has 0 atom stereocenters. The van der Waals surface area contributed by atoms with Gasteiger partial charge in [0.05, 0.1) is 13.2 Å². The molecule has 1 aromatic carbocycles. The lowest BCUT2D eigenvalue weighted by Gasteiger charge is -2.05. The predicted octanol–water partition coefficient (Wildman–Crippen LogP) is 4.27. The van der Waals surface area contributed by atoms with Gasteiger partial charge in [-0.15, -0.1) is 11.3 Å². The summed E-state index contributed by atoms with van der Waals surface area (Å²) in [6, 6.07) is 13.1. The Balaban J connectivity index is 1.83. The number of thiophene rings is 1. The molecule has 0 fully saturated rings. The first kappa shape index (κ1) is 15.2. The molecule has 0 unspecified atom stereocenters. The molecule has 0 aliphatic carbocycles. The molecule has 0 bridgehead atoms. The van der Waals surface area contributed by atoms with Crippen LogP contribution in [0.25, 0.3) is 0 Å². The SMILES string of the molecule is Cc1sc(CNC(C)C)cc1COCc1ccccc1. The second-order valence-corrected chi connectivity index (χ2v) is 6.65. The van der Waals surface area contributed by atoms with E-state index in [1.54, 1.807) is 0 Å². The Hall–Kier alpha value is -1.16. The van der Waals surface area contributed by atoms with E-state index < -0.39 is 0 Å². The zero-order valence-corrected chi connectivity index (χ0v) is 13.3. The van der Waals surface area contributed by atoms with Crippen LogP contribution in [0.4, 0.5) is 0 Å². The van der Waals surface area contributed by atoms with Gasteiger partial charge in [0.2, 0.25) is 0 Å². The van der Waals surface area contributed by atoms with Gasteiger partial charge in [-0.25, -0.2) is 0 Å². The fourth-order valence-corrected chi connectivity index (χ4v) is 2.97. The van der Waals surface area contributed by atoms with E-state index in [0.29, 0.717) is 19.3 Å². The van der Waals surface area contributed by atoms with Gasteiger partial charge in [0.1, 0.15) is 0 Å². The lowest BCUT2D eigenvalue weighted by molar-refractivity contribution is 0.107. The van der Waals surface area contributed by atoms with Gasteiger partial charge >= 0.3 is 0 Å². The van der Waals surface area contributed by atoms with E-state index >= 15 is 0 Å². The molecule has 1 N–H and O–H groups in total. The molecule has 3 heteroatoms. The van der Waals surface area contributed by atoms with Gasteiger partial charge in [0.25, 0.3) is 0 Å². The zero-order chi connectivity index (χ0) is 14.4. The number of aryl methyl sites for hydroxylation is 1. The minimum atomic E-state index is 0.523. The molecule has 0 aliphatic rings. The van der Waals surface area contributed by atoms with Crippen LogP contribution in [-0.2, 0) is 24.5 Å². The minimum Gasteiger partial charge on any atom is -0.372 e. The van der Waals surface area contributed by atoms with Crippen molar-refractivity contribution < 1.29 is 4.74 Å². The highest BCUT2D eigenvalue weighted by Gasteiger charge is 2.06. The summed E-state index contributed by atoms with van der Waals surface area (Å²) in [7, 11) is 0. The zero-order valence-electron chi connectivity index (χ0n) is 12.5. The van der Waals surface area contributed by atoms with Crippen LogP contribution in [0.5, 0.6) is 0 Å². The van der Waals surface area contributed by atoms with E-state index in [1.807, 2.05) is 29.5 Å². The summed E-state index contributed by atoms with van der Waals surface area (Å²) in [6.07, 6.45) is 0. The lowest BCUT2D eigenvalue weighted by Crippen LogP contribution is -2.21. The molecule has 0 radical (unpaired) electrons. The maximum atomic E-state index is 5.81. The Bertz CT molecular complexity index is 519. The van der Waals surface area contributed by atoms with Crippen molar-refractivity contribution in [3.63, 3.8) is 0 Å². The first-order chi connectivity index (χ1) is 9.65. The molecular formula is C17H23NOS. The summed E-state index contributed by atoms with van der Waals surface area (Å²) in [4.78, 5) is 2.74. The Labute approximate surface area is 125 Å². The molecule has 20 heavy (non-hydrogen) atoms. The van der Waals surface area contributed by atoms with E-state index in [0.717, 1.165) is 6.54 Å². The molecule has 0 spiro atoms. The summed E-state index contributed by atoms with van der Waals surface area (Å²) in [5, 5.41) is 3.45. The van der Waals surface area contributed by atoms with Crippen molar-refractivity contribution in [2.75, 3.05) is 0 Å². The topological polar surface area (TPSA) is 21.3 Å². The van der Waals surface area contributed by atoms with E-state index in [9.17, 15) is 0 Å². The van der Waals surface area contributed by atoms with Crippen molar-refractivity contribution in [2.45, 2.75) is 46.6 Å². The summed E-state index contributed by atoms with van der Waals surface area (Å²) in [6.45, 7) is 8.83. The number of nitrogens with one attached hydrogen (secondary N) is 1. The van der Waals surface area contributed by atoms with Gasteiger partial charge < -0.3 is 10.1 Å². The summed E-state index contributed by atoms with van der Waals surface area (Å²) in [5.74, 6) is 0. The predicted molar refractivity (Wildman–Crippen MR) is 86.0 cm³/mol. The first-order valence-electron chi connectivity index (χ1n) is 7.08. The van der Waals surface area contributed by atoms with E-state index in [4.69, 9.17) is 4.74 Å². The third-order valence-electron chi connectivity index (χ3n) is 3.13. The maximum absolute atomic E-state index is 5.81. The molecule has 2 nitrogen and oxygen atoms in total. The minimum absolute atomic E-state index is 0.523. The van der Waals surface area contributed by atoms with Gasteiger partial charge in [-0.3, -0.25) is 0 Å². The Morgan fingerprint density at radius 2 is 1.90 bits per heavy atom. The highest BCUT2D eigenvalue weighted by atomic mass is 32.1. The van der Waals surface area contributed by atoms with Crippen molar-refractivity contribution >= 4 is 11.3 Å². The summed E-state index contributed by atoms with van der Waals surface area (Å²) in [5.41, 5.74) is 2.54. The lowest BCUT2D eigenvalue weighted by atomic mass is 10.2. The van der Waals surface area contributed by atoms with Crippen LogP contribution in [0.3, 0.4) is 0 Å². The fourth-order valence-electron chi connectivity index (χ4n) is 1.98. The highest BCUT2D eigenvalue weighted by Crippen LogP contribution is 2.22. The third-order valence-corrected chi connectivity index (χ3v) is 4.22. The van der Waals surface area contributed by atoms with Crippen molar-refractivity contribution in [3.8, 4) is 0 Å². The van der Waals surface area contributed by atoms with Crippen LogP contribution in [0.1, 0.15) is 34.7 Å². The molecule has 0 saturated heterocycles. The van der Waals surface area contributed by atoms with Gasteiger partial charge in [0, 0.05) is 22.3 Å². The molecule has 2 aromatic rings. The first-order valence-corrected chi connectivity index (χ1v) is 7.90. The molecule has 0 amide bonds. The van der Waals surface area contributed by atoms with Crippen LogP contribution in [-0.4, -0.2) is 6.04 Å². The number of benzene rings is 1. The second kappa shape index (κ2) is 7.58. The monoisotopic (exact) mass is 289 g/mol.